The number of benzene rings is 2. The molecule has 3 rings (SSSR count). The zero-order chi connectivity index (χ0) is 17.8. The molecule has 1 aromatic heterocycles. The summed E-state index contributed by atoms with van der Waals surface area (Å²) in [6, 6.07) is 14.5. The molecule has 6 heteroatoms. The maximum Gasteiger partial charge on any atom is 0.342 e. The predicted octanol–water partition coefficient (Wildman–Crippen LogP) is 4.13. The van der Waals surface area contributed by atoms with Crippen molar-refractivity contribution in [1.82, 2.24) is 4.98 Å². The Morgan fingerprint density at radius 2 is 2.04 bits per heavy atom. The van der Waals surface area contributed by atoms with Crippen molar-refractivity contribution in [2.75, 3.05) is 7.11 Å². The van der Waals surface area contributed by atoms with Gasteiger partial charge in [-0.25, -0.2) is 4.79 Å². The number of rotatable bonds is 4. The van der Waals surface area contributed by atoms with Crippen molar-refractivity contribution in [1.29, 1.82) is 5.26 Å². The van der Waals surface area contributed by atoms with Gasteiger partial charge in [-0.3, -0.25) is 4.98 Å². The quantitative estimate of drug-likeness (QED) is 0.660. The predicted molar refractivity (Wildman–Crippen MR) is 93.6 cm³/mol. The summed E-state index contributed by atoms with van der Waals surface area (Å²) >= 11 is 6.23. The Morgan fingerprint density at radius 1 is 1.28 bits per heavy atom. The third-order valence-corrected chi connectivity index (χ3v) is 4.08. The van der Waals surface area contributed by atoms with Crippen LogP contribution < -0.4 is 4.74 Å². The summed E-state index contributed by atoms with van der Waals surface area (Å²) in [7, 11) is 1.46. The van der Waals surface area contributed by atoms with Gasteiger partial charge in [-0.1, -0.05) is 41.9 Å². The smallest absolute Gasteiger partial charge is 0.342 e. The van der Waals surface area contributed by atoms with Crippen LogP contribution in [0.4, 0.5) is 0 Å². The number of hydrogen-bond acceptors (Lipinski definition) is 5. The van der Waals surface area contributed by atoms with Crippen molar-refractivity contribution in [2.45, 2.75) is 6.61 Å². The van der Waals surface area contributed by atoms with Crippen molar-refractivity contribution in [3.8, 4) is 11.8 Å². The van der Waals surface area contributed by atoms with Crippen molar-refractivity contribution >= 4 is 28.5 Å². The minimum Gasteiger partial charge on any atom is -0.496 e. The summed E-state index contributed by atoms with van der Waals surface area (Å²) in [4.78, 5) is 16.7. The lowest BCUT2D eigenvalue weighted by Crippen LogP contribution is -2.07. The number of hydrogen-bond donors (Lipinski definition) is 0. The third-order valence-electron chi connectivity index (χ3n) is 3.68. The SMILES string of the molecule is COc1cc2ncc(C#N)c(Cl)c2cc1C(=O)OCc1ccccc1. The largest absolute Gasteiger partial charge is 0.496 e. The van der Waals surface area contributed by atoms with Crippen molar-refractivity contribution in [2.24, 2.45) is 0 Å². The van der Waals surface area contributed by atoms with Gasteiger partial charge in [0.1, 0.15) is 24.0 Å². The third kappa shape index (κ3) is 3.39. The van der Waals surface area contributed by atoms with E-state index in [2.05, 4.69) is 4.98 Å². The minimum absolute atomic E-state index is 0.144. The number of aromatic nitrogens is 1. The second kappa shape index (κ2) is 7.20. The fourth-order valence-corrected chi connectivity index (χ4v) is 2.64. The lowest BCUT2D eigenvalue weighted by molar-refractivity contribution is 0.0469. The molecule has 2 aromatic carbocycles. The van der Waals surface area contributed by atoms with Gasteiger partial charge in [-0.05, 0) is 11.6 Å². The molecule has 5 nitrogen and oxygen atoms in total. The van der Waals surface area contributed by atoms with E-state index < -0.39 is 5.97 Å². The molecule has 0 spiro atoms. The van der Waals surface area contributed by atoms with Crippen LogP contribution in [0.15, 0.2) is 48.7 Å². The van der Waals surface area contributed by atoms with E-state index in [0.717, 1.165) is 5.56 Å². The molecule has 25 heavy (non-hydrogen) atoms. The maximum atomic E-state index is 12.5. The molecular formula is C19H13ClN2O3. The average molecular weight is 353 g/mol. The molecule has 0 unspecified atom stereocenters. The summed E-state index contributed by atoms with van der Waals surface area (Å²) in [5.74, 6) is -0.208. The molecule has 0 saturated carbocycles. The van der Waals surface area contributed by atoms with Crippen LogP contribution in [0.1, 0.15) is 21.5 Å². The Bertz CT molecular complexity index is 981. The van der Waals surface area contributed by atoms with Gasteiger partial charge >= 0.3 is 5.97 Å². The standard InChI is InChI=1S/C19H13ClN2O3/c1-24-17-8-16-14(18(20)13(9-21)10-22-16)7-15(17)19(23)25-11-12-5-3-2-4-6-12/h2-8,10H,11H2,1H3. The van der Waals surface area contributed by atoms with Gasteiger partial charge in [0.25, 0.3) is 0 Å². The molecule has 0 aliphatic carbocycles. The van der Waals surface area contributed by atoms with E-state index >= 15 is 0 Å². The van der Waals surface area contributed by atoms with Gasteiger partial charge in [0.2, 0.25) is 0 Å². The average Bonchev–Trinajstić information content (AvgIpc) is 2.66. The Hall–Kier alpha value is -3.10. The zero-order valence-electron chi connectivity index (χ0n) is 13.3. The number of nitriles is 1. The Labute approximate surface area is 149 Å². The van der Waals surface area contributed by atoms with Crippen molar-refractivity contribution < 1.29 is 14.3 Å². The first kappa shape index (κ1) is 16.7. The number of methoxy groups -OCH3 is 1. The van der Waals surface area contributed by atoms with Gasteiger partial charge in [0.05, 0.1) is 23.2 Å². The number of carbonyl (C=O) groups is 1. The highest BCUT2D eigenvalue weighted by Crippen LogP contribution is 2.31. The molecule has 0 bridgehead atoms. The molecule has 0 saturated heterocycles. The van der Waals surface area contributed by atoms with Crippen LogP contribution in [-0.2, 0) is 11.3 Å². The van der Waals surface area contributed by atoms with Crippen LogP contribution in [0.25, 0.3) is 10.9 Å². The fraction of sp³-hybridized carbons (Fsp3) is 0.105. The summed E-state index contributed by atoms with van der Waals surface area (Å²) in [5.41, 5.74) is 1.87. The highest BCUT2D eigenvalue weighted by molar-refractivity contribution is 6.36. The maximum absolute atomic E-state index is 12.5. The number of halogens is 1. The lowest BCUT2D eigenvalue weighted by atomic mass is 10.1. The molecule has 1 heterocycles. The molecule has 124 valence electrons. The molecule has 0 amide bonds. The highest BCUT2D eigenvalue weighted by Gasteiger charge is 2.18. The van der Waals surface area contributed by atoms with E-state index in [1.54, 1.807) is 6.07 Å². The van der Waals surface area contributed by atoms with E-state index in [4.69, 9.17) is 26.3 Å². The zero-order valence-corrected chi connectivity index (χ0v) is 14.1. The van der Waals surface area contributed by atoms with Gasteiger partial charge < -0.3 is 9.47 Å². The molecule has 0 N–H and O–H groups in total. The van der Waals surface area contributed by atoms with E-state index in [9.17, 15) is 4.79 Å². The van der Waals surface area contributed by atoms with Gasteiger partial charge in [0, 0.05) is 17.6 Å². The van der Waals surface area contributed by atoms with Gasteiger partial charge in [-0.15, -0.1) is 0 Å². The van der Waals surface area contributed by atoms with Crippen LogP contribution in [0, 0.1) is 11.3 Å². The van der Waals surface area contributed by atoms with Crippen LogP contribution in [-0.4, -0.2) is 18.1 Å². The van der Waals surface area contributed by atoms with E-state index in [-0.39, 0.29) is 22.8 Å². The van der Waals surface area contributed by atoms with E-state index in [0.29, 0.717) is 16.7 Å². The van der Waals surface area contributed by atoms with Gasteiger partial charge in [0.15, 0.2) is 0 Å². The highest BCUT2D eigenvalue weighted by atomic mass is 35.5. The van der Waals surface area contributed by atoms with Crippen molar-refractivity contribution in [3.63, 3.8) is 0 Å². The molecule has 0 aliphatic rings. The normalized spacial score (nSPS) is 10.3. The first-order chi connectivity index (χ1) is 12.1. The van der Waals surface area contributed by atoms with Crippen LogP contribution >= 0.6 is 11.6 Å². The number of fused-ring (bicyclic) bond motifs is 1. The minimum atomic E-state index is -0.541. The molecule has 0 aliphatic heterocycles. The molecule has 0 atom stereocenters. The first-order valence-corrected chi connectivity index (χ1v) is 7.79. The molecule has 3 aromatic rings. The summed E-state index contributed by atoms with van der Waals surface area (Å²) in [6.07, 6.45) is 1.39. The van der Waals surface area contributed by atoms with E-state index in [1.165, 1.54) is 19.4 Å². The second-order valence-electron chi connectivity index (χ2n) is 5.23. The number of esters is 1. The Balaban J connectivity index is 1.97. The summed E-state index contributed by atoms with van der Waals surface area (Å²) < 4.78 is 10.6. The van der Waals surface area contributed by atoms with Crippen LogP contribution in [0.2, 0.25) is 5.02 Å². The van der Waals surface area contributed by atoms with Crippen molar-refractivity contribution in [3.05, 3.63) is 70.4 Å². The van der Waals surface area contributed by atoms with Crippen LogP contribution in [0.5, 0.6) is 5.75 Å². The van der Waals surface area contributed by atoms with E-state index in [1.807, 2.05) is 36.4 Å². The Kier molecular flexibility index (Phi) is 4.82. The lowest BCUT2D eigenvalue weighted by Gasteiger charge is -2.11. The van der Waals surface area contributed by atoms with Gasteiger partial charge in [-0.2, -0.15) is 5.26 Å². The molecule has 0 fully saturated rings. The number of carbonyl (C=O) groups excluding carboxylic acids is 1. The molecular weight excluding hydrogens is 340 g/mol. The second-order valence-corrected chi connectivity index (χ2v) is 5.61. The monoisotopic (exact) mass is 352 g/mol. The number of nitrogens with zero attached hydrogens (tertiary/aromatic N) is 2. The summed E-state index contributed by atoms with van der Waals surface area (Å²) in [6.45, 7) is 0.144. The summed E-state index contributed by atoms with van der Waals surface area (Å²) in [5, 5.41) is 9.81. The molecule has 0 radical (unpaired) electrons. The topological polar surface area (TPSA) is 72.2 Å². The number of ether oxygens (including phenoxy) is 2. The van der Waals surface area contributed by atoms with Crippen LogP contribution in [0.3, 0.4) is 0 Å². The fourth-order valence-electron chi connectivity index (χ4n) is 2.39. The first-order valence-electron chi connectivity index (χ1n) is 7.41. The number of pyridine rings is 1. The Morgan fingerprint density at radius 3 is 2.72 bits per heavy atom.